The Labute approximate surface area is 135 Å². The SMILES string of the molecule is CCCCCCC(CCCCCC)(COC(C)=O)P(=O)(O)O. The molecule has 0 rings (SSSR count). The van der Waals surface area contributed by atoms with Crippen LogP contribution >= 0.6 is 7.60 Å². The molecule has 0 heterocycles. The highest BCUT2D eigenvalue weighted by Crippen LogP contribution is 2.56. The zero-order valence-electron chi connectivity index (χ0n) is 14.3. The molecular formula is C16H33O5P. The lowest BCUT2D eigenvalue weighted by molar-refractivity contribution is -0.142. The third-order valence-corrected chi connectivity index (χ3v) is 5.97. The third-order valence-electron chi connectivity index (χ3n) is 4.15. The molecule has 2 N–H and O–H groups in total. The van der Waals surface area contributed by atoms with Gasteiger partial charge in [-0.05, 0) is 12.8 Å². The Balaban J connectivity index is 4.89. The van der Waals surface area contributed by atoms with E-state index in [9.17, 15) is 19.1 Å². The maximum Gasteiger partial charge on any atom is 0.335 e. The van der Waals surface area contributed by atoms with E-state index in [4.69, 9.17) is 4.74 Å². The van der Waals surface area contributed by atoms with E-state index in [1.165, 1.54) is 6.92 Å². The first-order chi connectivity index (χ1) is 10.3. The lowest BCUT2D eigenvalue weighted by Gasteiger charge is -2.34. The van der Waals surface area contributed by atoms with E-state index in [0.717, 1.165) is 51.4 Å². The van der Waals surface area contributed by atoms with Crippen molar-refractivity contribution in [2.24, 2.45) is 0 Å². The van der Waals surface area contributed by atoms with Gasteiger partial charge in [0.25, 0.3) is 0 Å². The maximum absolute atomic E-state index is 12.1. The van der Waals surface area contributed by atoms with Gasteiger partial charge < -0.3 is 14.5 Å². The lowest BCUT2D eigenvalue weighted by Crippen LogP contribution is -2.35. The van der Waals surface area contributed by atoms with Crippen molar-refractivity contribution in [1.29, 1.82) is 0 Å². The number of unbranched alkanes of at least 4 members (excludes halogenated alkanes) is 6. The molecule has 0 saturated carbocycles. The second-order valence-electron chi connectivity index (χ2n) is 6.17. The molecule has 132 valence electrons. The summed E-state index contributed by atoms with van der Waals surface area (Å²) in [6, 6.07) is 0. The Morgan fingerprint density at radius 2 is 1.41 bits per heavy atom. The quantitative estimate of drug-likeness (QED) is 0.296. The van der Waals surface area contributed by atoms with Crippen LogP contribution in [0.25, 0.3) is 0 Å². The fourth-order valence-corrected chi connectivity index (χ4v) is 3.77. The van der Waals surface area contributed by atoms with Crippen LogP contribution in [0.4, 0.5) is 0 Å². The monoisotopic (exact) mass is 336 g/mol. The Hall–Kier alpha value is -0.380. The number of rotatable bonds is 13. The average Bonchev–Trinajstić information content (AvgIpc) is 2.43. The van der Waals surface area contributed by atoms with Gasteiger partial charge >= 0.3 is 13.6 Å². The molecule has 0 aliphatic carbocycles. The van der Waals surface area contributed by atoms with E-state index >= 15 is 0 Å². The highest BCUT2D eigenvalue weighted by Gasteiger charge is 2.46. The Morgan fingerprint density at radius 1 is 0.955 bits per heavy atom. The van der Waals surface area contributed by atoms with Crippen LogP contribution in [-0.2, 0) is 14.1 Å². The van der Waals surface area contributed by atoms with E-state index in [1.54, 1.807) is 0 Å². The Kier molecular flexibility index (Phi) is 11.0. The van der Waals surface area contributed by atoms with E-state index in [0.29, 0.717) is 12.8 Å². The molecule has 0 saturated heterocycles. The van der Waals surface area contributed by atoms with Crippen molar-refractivity contribution in [2.75, 3.05) is 6.61 Å². The second-order valence-corrected chi connectivity index (χ2v) is 8.21. The number of carbonyl (C=O) groups is 1. The minimum atomic E-state index is -4.34. The molecule has 0 amide bonds. The molecule has 0 aliphatic rings. The first-order valence-corrected chi connectivity index (χ1v) is 10.1. The molecule has 0 fully saturated rings. The van der Waals surface area contributed by atoms with Gasteiger partial charge in [0.2, 0.25) is 0 Å². The minimum Gasteiger partial charge on any atom is -0.465 e. The topological polar surface area (TPSA) is 83.8 Å². The van der Waals surface area contributed by atoms with Gasteiger partial charge in [0.05, 0.1) is 0 Å². The van der Waals surface area contributed by atoms with E-state index in [1.807, 2.05) is 0 Å². The molecule has 0 spiro atoms. The zero-order valence-corrected chi connectivity index (χ0v) is 15.2. The molecule has 0 aromatic rings. The molecule has 0 bridgehead atoms. The number of ether oxygens (including phenoxy) is 1. The van der Waals surface area contributed by atoms with Crippen LogP contribution in [0.1, 0.15) is 85.0 Å². The highest BCUT2D eigenvalue weighted by atomic mass is 31.2. The lowest BCUT2D eigenvalue weighted by atomic mass is 9.94. The largest absolute Gasteiger partial charge is 0.465 e. The summed E-state index contributed by atoms with van der Waals surface area (Å²) >= 11 is 0. The smallest absolute Gasteiger partial charge is 0.335 e. The summed E-state index contributed by atoms with van der Waals surface area (Å²) in [5, 5.41) is -1.21. The van der Waals surface area contributed by atoms with E-state index in [2.05, 4.69) is 13.8 Å². The van der Waals surface area contributed by atoms with Gasteiger partial charge in [-0.15, -0.1) is 0 Å². The first kappa shape index (κ1) is 21.6. The van der Waals surface area contributed by atoms with Crippen LogP contribution in [-0.4, -0.2) is 27.5 Å². The summed E-state index contributed by atoms with van der Waals surface area (Å²) in [6.45, 7) is 5.29. The fraction of sp³-hybridized carbons (Fsp3) is 0.938. The van der Waals surface area contributed by atoms with Crippen LogP contribution in [0.3, 0.4) is 0 Å². The van der Waals surface area contributed by atoms with E-state index < -0.39 is 18.7 Å². The van der Waals surface area contributed by atoms with Gasteiger partial charge in [-0.25, -0.2) is 0 Å². The van der Waals surface area contributed by atoms with E-state index in [-0.39, 0.29) is 6.61 Å². The number of hydrogen-bond donors (Lipinski definition) is 2. The van der Waals surface area contributed by atoms with Crippen LogP contribution < -0.4 is 0 Å². The summed E-state index contributed by atoms with van der Waals surface area (Å²) in [4.78, 5) is 30.8. The average molecular weight is 336 g/mol. The summed E-state index contributed by atoms with van der Waals surface area (Å²) < 4.78 is 17.1. The third kappa shape index (κ3) is 8.30. The molecule has 0 radical (unpaired) electrons. The van der Waals surface area contributed by atoms with Gasteiger partial charge in [-0.1, -0.05) is 65.2 Å². The van der Waals surface area contributed by atoms with Crippen molar-refractivity contribution in [3.63, 3.8) is 0 Å². The molecule has 6 heteroatoms. The molecule has 0 atom stereocenters. The second kappa shape index (κ2) is 11.2. The molecule has 0 aromatic heterocycles. The summed E-state index contributed by atoms with van der Waals surface area (Å²) in [5.74, 6) is -0.486. The Bertz CT molecular complexity index is 338. The van der Waals surface area contributed by atoms with Crippen molar-refractivity contribution in [2.45, 2.75) is 90.1 Å². The van der Waals surface area contributed by atoms with Crippen LogP contribution in [0.5, 0.6) is 0 Å². The first-order valence-electron chi connectivity index (χ1n) is 8.48. The molecule has 5 nitrogen and oxygen atoms in total. The van der Waals surface area contributed by atoms with Crippen molar-refractivity contribution in [3.8, 4) is 0 Å². The molecule has 22 heavy (non-hydrogen) atoms. The number of carbonyl (C=O) groups excluding carboxylic acids is 1. The fourth-order valence-electron chi connectivity index (χ4n) is 2.64. The van der Waals surface area contributed by atoms with Gasteiger partial charge in [-0.2, -0.15) is 0 Å². The highest BCUT2D eigenvalue weighted by molar-refractivity contribution is 7.53. The predicted molar refractivity (Wildman–Crippen MR) is 88.9 cm³/mol. The number of esters is 1. The zero-order chi connectivity index (χ0) is 17.1. The number of hydrogen-bond acceptors (Lipinski definition) is 3. The Morgan fingerprint density at radius 3 is 1.73 bits per heavy atom. The van der Waals surface area contributed by atoms with Crippen molar-refractivity contribution >= 4 is 13.6 Å². The predicted octanol–water partition coefficient (Wildman–Crippen LogP) is 4.41. The molecular weight excluding hydrogens is 303 g/mol. The van der Waals surface area contributed by atoms with Gasteiger partial charge in [-0.3, -0.25) is 9.36 Å². The van der Waals surface area contributed by atoms with Crippen LogP contribution in [0.15, 0.2) is 0 Å². The molecule has 0 aliphatic heterocycles. The molecule has 0 aromatic carbocycles. The summed E-state index contributed by atoms with van der Waals surface area (Å²) in [6.07, 6.45) is 8.50. The van der Waals surface area contributed by atoms with Crippen LogP contribution in [0, 0.1) is 0 Å². The summed E-state index contributed by atoms with van der Waals surface area (Å²) in [5.41, 5.74) is 0. The van der Waals surface area contributed by atoms with Crippen molar-refractivity contribution in [1.82, 2.24) is 0 Å². The van der Waals surface area contributed by atoms with Gasteiger partial charge in [0.15, 0.2) is 0 Å². The maximum atomic E-state index is 12.1. The minimum absolute atomic E-state index is 0.176. The van der Waals surface area contributed by atoms with Crippen molar-refractivity contribution in [3.05, 3.63) is 0 Å². The van der Waals surface area contributed by atoms with Crippen LogP contribution in [0.2, 0.25) is 0 Å². The standard InChI is InChI=1S/C16H33O5P/c1-4-6-8-10-12-16(22(18,19)20,14-21-15(3)17)13-11-9-7-5-2/h4-14H2,1-3H3,(H2,18,19,20). The molecule has 0 unspecified atom stereocenters. The summed E-state index contributed by atoms with van der Waals surface area (Å²) in [7, 11) is -4.34. The van der Waals surface area contributed by atoms with Crippen molar-refractivity contribution < 1.29 is 23.9 Å². The van der Waals surface area contributed by atoms with Gasteiger partial charge in [0, 0.05) is 6.92 Å². The normalized spacial score (nSPS) is 12.4. The van der Waals surface area contributed by atoms with Gasteiger partial charge in [0.1, 0.15) is 11.8 Å².